The van der Waals surface area contributed by atoms with Crippen molar-refractivity contribution >= 4 is 14.0 Å². The molecule has 0 aliphatic carbocycles. The molecule has 3 atom stereocenters. The average Bonchev–Trinajstić information content (AvgIpc) is 2.57. The van der Waals surface area contributed by atoms with Crippen molar-refractivity contribution in [1.82, 2.24) is 5.06 Å². The van der Waals surface area contributed by atoms with Crippen molar-refractivity contribution in [3.05, 3.63) is 12.7 Å². The fourth-order valence-electron chi connectivity index (χ4n) is 4.19. The fourth-order valence-corrected chi connectivity index (χ4v) is 9.55. The van der Waals surface area contributed by atoms with E-state index in [4.69, 9.17) is 4.84 Å². The molecule has 27 heavy (non-hydrogen) atoms. The molecular formula is C22H41NO3Si. The number of nitrogens with zero attached hydrogens (tertiary/aromatic N) is 1. The maximum absolute atomic E-state index is 12.4. The monoisotopic (exact) mass is 395 g/mol. The number of carbonyl (C=O) groups excluding carboxylic acids is 1. The molecule has 5 heteroatoms. The Morgan fingerprint density at radius 3 is 2.00 bits per heavy atom. The van der Waals surface area contributed by atoms with Crippen molar-refractivity contribution in [3.63, 3.8) is 0 Å². The third-order valence-corrected chi connectivity index (χ3v) is 12.1. The molecule has 4 nitrogen and oxygen atoms in total. The summed E-state index contributed by atoms with van der Waals surface area (Å²) in [5.74, 6) is 2.68. The van der Waals surface area contributed by atoms with Gasteiger partial charge in [0.05, 0.1) is 19.1 Å². The van der Waals surface area contributed by atoms with Gasteiger partial charge in [-0.25, -0.2) is 5.06 Å². The number of allylic oxidation sites excluding steroid dienone is 1. The zero-order valence-electron chi connectivity index (χ0n) is 18.9. The smallest absolute Gasteiger partial charge is 0.251 e. The quantitative estimate of drug-likeness (QED) is 0.250. The summed E-state index contributed by atoms with van der Waals surface area (Å²) in [6.07, 6.45) is 1.77. The molecule has 156 valence electrons. The number of rotatable bonds is 10. The first-order valence-corrected chi connectivity index (χ1v) is 12.3. The van der Waals surface area contributed by atoms with Crippen LogP contribution in [0.2, 0.25) is 16.6 Å². The van der Waals surface area contributed by atoms with E-state index in [0.29, 0.717) is 29.5 Å². The number of amides is 1. The van der Waals surface area contributed by atoms with Gasteiger partial charge in [-0.15, -0.1) is 18.0 Å². The number of aliphatic hydroxyl groups excluding tert-OH is 1. The molecule has 1 N–H and O–H groups in total. The van der Waals surface area contributed by atoms with Crippen LogP contribution >= 0.6 is 0 Å². The van der Waals surface area contributed by atoms with Crippen molar-refractivity contribution in [3.8, 4) is 11.5 Å². The molecule has 0 spiro atoms. The Morgan fingerprint density at radius 1 is 1.15 bits per heavy atom. The van der Waals surface area contributed by atoms with Crippen molar-refractivity contribution in [2.75, 3.05) is 14.2 Å². The highest BCUT2D eigenvalue weighted by atomic mass is 28.3. The van der Waals surface area contributed by atoms with Crippen LogP contribution in [0.4, 0.5) is 0 Å². The first-order valence-electron chi connectivity index (χ1n) is 10.1. The van der Waals surface area contributed by atoms with Gasteiger partial charge >= 0.3 is 0 Å². The van der Waals surface area contributed by atoms with Crippen LogP contribution in [0.1, 0.15) is 61.3 Å². The van der Waals surface area contributed by atoms with E-state index < -0.39 is 20.1 Å². The normalized spacial score (nSPS) is 15.3. The molecule has 0 radical (unpaired) electrons. The van der Waals surface area contributed by atoms with Gasteiger partial charge in [0.25, 0.3) is 5.91 Å². The first-order chi connectivity index (χ1) is 12.4. The zero-order chi connectivity index (χ0) is 21.4. The van der Waals surface area contributed by atoms with Crippen molar-refractivity contribution in [1.29, 1.82) is 0 Å². The summed E-state index contributed by atoms with van der Waals surface area (Å²) in [5.41, 5.74) is 5.44. The lowest BCUT2D eigenvalue weighted by Crippen LogP contribution is -2.43. The Morgan fingerprint density at radius 2 is 1.63 bits per heavy atom. The maximum atomic E-state index is 12.4. The predicted octanol–water partition coefficient (Wildman–Crippen LogP) is 4.81. The highest BCUT2D eigenvalue weighted by molar-refractivity contribution is 6.90. The van der Waals surface area contributed by atoms with Crippen molar-refractivity contribution in [2.24, 2.45) is 11.8 Å². The maximum Gasteiger partial charge on any atom is 0.251 e. The molecule has 0 aromatic heterocycles. The third kappa shape index (κ3) is 6.78. The molecule has 0 aromatic rings. The molecule has 0 saturated carbocycles. The van der Waals surface area contributed by atoms with Gasteiger partial charge in [0, 0.05) is 13.0 Å². The minimum Gasteiger partial charge on any atom is -0.392 e. The lowest BCUT2D eigenvalue weighted by atomic mass is 9.91. The van der Waals surface area contributed by atoms with Crippen LogP contribution in [0.25, 0.3) is 0 Å². The summed E-state index contributed by atoms with van der Waals surface area (Å²) in [7, 11) is 1.22. The summed E-state index contributed by atoms with van der Waals surface area (Å²) in [5, 5.41) is 11.8. The van der Waals surface area contributed by atoms with E-state index >= 15 is 0 Å². The molecule has 0 saturated heterocycles. The van der Waals surface area contributed by atoms with E-state index in [-0.39, 0.29) is 11.8 Å². The second-order valence-corrected chi connectivity index (χ2v) is 14.1. The van der Waals surface area contributed by atoms with E-state index in [1.807, 2.05) is 6.92 Å². The molecular weight excluding hydrogens is 354 g/mol. The van der Waals surface area contributed by atoms with Crippen molar-refractivity contribution < 1.29 is 14.7 Å². The summed E-state index contributed by atoms with van der Waals surface area (Å²) in [4.78, 5) is 17.4. The number of hydroxylamine groups is 2. The minimum atomic E-state index is -1.78. The Labute approximate surface area is 168 Å². The summed E-state index contributed by atoms with van der Waals surface area (Å²) >= 11 is 0. The van der Waals surface area contributed by atoms with Gasteiger partial charge in [0.1, 0.15) is 8.07 Å². The molecule has 0 unspecified atom stereocenters. The number of aliphatic hydroxyl groups is 1. The predicted molar refractivity (Wildman–Crippen MR) is 117 cm³/mol. The van der Waals surface area contributed by atoms with Gasteiger partial charge in [-0.3, -0.25) is 9.63 Å². The molecule has 0 aliphatic heterocycles. The zero-order valence-corrected chi connectivity index (χ0v) is 19.9. The second kappa shape index (κ2) is 11.7. The van der Waals surface area contributed by atoms with Gasteiger partial charge in [-0.1, -0.05) is 54.5 Å². The summed E-state index contributed by atoms with van der Waals surface area (Å²) in [6, 6.07) is 0. The summed E-state index contributed by atoms with van der Waals surface area (Å²) in [6.45, 7) is 19.5. The van der Waals surface area contributed by atoms with E-state index in [9.17, 15) is 9.90 Å². The third-order valence-electron chi connectivity index (χ3n) is 5.78. The van der Waals surface area contributed by atoms with Gasteiger partial charge in [0.15, 0.2) is 0 Å². The van der Waals surface area contributed by atoms with Crippen LogP contribution in [0.5, 0.6) is 0 Å². The second-order valence-electron chi connectivity index (χ2n) is 8.52. The van der Waals surface area contributed by atoms with Crippen LogP contribution in [0.15, 0.2) is 12.7 Å². The van der Waals surface area contributed by atoms with Crippen LogP contribution in [-0.2, 0) is 9.63 Å². The Balaban J connectivity index is 5.42. The number of hydrogen-bond acceptors (Lipinski definition) is 3. The molecule has 1 amide bonds. The van der Waals surface area contributed by atoms with E-state index in [1.165, 1.54) is 12.2 Å². The molecule has 0 rings (SSSR count). The standard InChI is InChI=1S/C22H41NO3Si/c1-11-12-20(22(25)23(9)26-10)21(24)15-19(8)13-14-27(16(2)3,17(4)5)18(6)7/h11,16-21,24H,1,12,15H2,2-10H3/t19-,20+,21-/m1/s1. The van der Waals surface area contributed by atoms with E-state index in [1.54, 1.807) is 13.1 Å². The van der Waals surface area contributed by atoms with E-state index in [0.717, 1.165) is 0 Å². The lowest BCUT2D eigenvalue weighted by molar-refractivity contribution is -0.177. The molecule has 0 bridgehead atoms. The topological polar surface area (TPSA) is 49.8 Å². The number of hydrogen-bond donors (Lipinski definition) is 1. The Hall–Kier alpha value is -1.09. The van der Waals surface area contributed by atoms with Crippen LogP contribution < -0.4 is 0 Å². The van der Waals surface area contributed by atoms with Crippen LogP contribution in [0, 0.1) is 23.3 Å². The largest absolute Gasteiger partial charge is 0.392 e. The van der Waals surface area contributed by atoms with Crippen molar-refractivity contribution in [2.45, 2.75) is 84.0 Å². The first kappa shape index (κ1) is 25.9. The highest BCUT2D eigenvalue weighted by Crippen LogP contribution is 2.40. The minimum absolute atomic E-state index is 0.0242. The molecule has 0 heterocycles. The van der Waals surface area contributed by atoms with Crippen LogP contribution in [0.3, 0.4) is 0 Å². The lowest BCUT2D eigenvalue weighted by Gasteiger charge is -2.38. The average molecular weight is 396 g/mol. The van der Waals surface area contributed by atoms with E-state index in [2.05, 4.69) is 59.6 Å². The van der Waals surface area contributed by atoms with Gasteiger partial charge in [-0.2, -0.15) is 0 Å². The SMILES string of the molecule is C=CC[C@H](C(=O)N(C)OC)[C@H](O)C[C@H](C)C#C[Si](C(C)C)(C(C)C)C(C)C. The molecule has 0 aliphatic rings. The molecule has 0 fully saturated rings. The van der Waals surface area contributed by atoms with Gasteiger partial charge in [-0.05, 0) is 29.5 Å². The number of carbonyl (C=O) groups is 1. The fraction of sp³-hybridized carbons (Fsp3) is 0.773. The van der Waals surface area contributed by atoms with Gasteiger partial charge in [0.2, 0.25) is 0 Å². The summed E-state index contributed by atoms with van der Waals surface area (Å²) < 4.78 is 0. The highest BCUT2D eigenvalue weighted by Gasteiger charge is 2.41. The van der Waals surface area contributed by atoms with Crippen LogP contribution in [-0.4, -0.2) is 44.4 Å². The van der Waals surface area contributed by atoms with Gasteiger partial charge < -0.3 is 5.11 Å². The Kier molecular flexibility index (Phi) is 11.2. The Bertz CT molecular complexity index is 512. The molecule has 0 aromatic carbocycles.